The molecule has 5 aromatic heterocycles. The van der Waals surface area contributed by atoms with E-state index in [9.17, 15) is 0 Å². The van der Waals surface area contributed by atoms with E-state index in [0.717, 1.165) is 93.1 Å². The van der Waals surface area contributed by atoms with Crippen LogP contribution in [0.5, 0.6) is 0 Å². The molecule has 0 aliphatic carbocycles. The van der Waals surface area contributed by atoms with Gasteiger partial charge in [-0.25, -0.2) is 15.0 Å². The first-order chi connectivity index (χ1) is 31.7. The van der Waals surface area contributed by atoms with Gasteiger partial charge < -0.3 is 13.4 Å². The summed E-state index contributed by atoms with van der Waals surface area (Å²) >= 11 is 1.79. The maximum Gasteiger partial charge on any atom is 0.178 e. The lowest BCUT2D eigenvalue weighted by Gasteiger charge is -2.10. The van der Waals surface area contributed by atoms with Crippen LogP contribution in [0.3, 0.4) is 0 Å². The second kappa shape index (κ2) is 13.6. The fourth-order valence-corrected chi connectivity index (χ4v) is 11.1. The summed E-state index contributed by atoms with van der Waals surface area (Å²) in [6.45, 7) is 0. The standard InChI is InChI=1S/C57H32N4O2S/c1-3-14-33(15-4-1)55-58-56(34-16-5-2-6-17-34)60-57(59-55)44-24-12-22-42-43-23-13-26-48(54(43)64-53(42)44)61-46-25-9-7-18-37(46)45-32-35(28-31-47(45)61)36-20-11-21-39-41-30-29-40-38-19-8-10-27-49(38)62-51(40)52(41)63-50(36)39/h1-32H. The van der Waals surface area contributed by atoms with Gasteiger partial charge in [-0.15, -0.1) is 11.3 Å². The van der Waals surface area contributed by atoms with Crippen molar-refractivity contribution < 1.29 is 8.83 Å². The Morgan fingerprint density at radius 3 is 1.69 bits per heavy atom. The smallest absolute Gasteiger partial charge is 0.178 e. The molecule has 64 heavy (non-hydrogen) atoms. The van der Waals surface area contributed by atoms with Crippen molar-refractivity contribution in [1.82, 2.24) is 19.5 Å². The van der Waals surface area contributed by atoms with Gasteiger partial charge in [-0.05, 0) is 54.1 Å². The Labute approximate surface area is 368 Å². The summed E-state index contributed by atoms with van der Waals surface area (Å²) in [5, 5.41) is 8.98. The van der Waals surface area contributed by atoms with Crippen LogP contribution in [0.15, 0.2) is 203 Å². The molecular formula is C57H32N4O2S. The zero-order chi connectivity index (χ0) is 41.9. The fourth-order valence-electron chi connectivity index (χ4n) is 9.75. The van der Waals surface area contributed by atoms with Gasteiger partial charge in [0.1, 0.15) is 11.2 Å². The summed E-state index contributed by atoms with van der Waals surface area (Å²) in [7, 11) is 0. The highest BCUT2D eigenvalue weighted by molar-refractivity contribution is 7.26. The molecule has 0 saturated heterocycles. The van der Waals surface area contributed by atoms with Crippen LogP contribution in [0.1, 0.15) is 0 Å². The molecule has 0 N–H and O–H groups in total. The largest absolute Gasteiger partial charge is 0.452 e. The van der Waals surface area contributed by atoms with E-state index in [2.05, 4.69) is 120 Å². The third-order valence-corrected chi connectivity index (χ3v) is 14.0. The van der Waals surface area contributed by atoms with E-state index in [0.29, 0.717) is 17.5 Å². The lowest BCUT2D eigenvalue weighted by molar-refractivity contribution is 0.634. The van der Waals surface area contributed by atoms with E-state index in [1.807, 2.05) is 78.9 Å². The van der Waals surface area contributed by atoms with E-state index in [-0.39, 0.29) is 0 Å². The number of furan rings is 2. The van der Waals surface area contributed by atoms with Crippen LogP contribution < -0.4 is 0 Å². The Kier molecular flexibility index (Phi) is 7.46. The summed E-state index contributed by atoms with van der Waals surface area (Å²) < 4.78 is 18.0. The van der Waals surface area contributed by atoms with Crippen LogP contribution in [0.2, 0.25) is 0 Å². The van der Waals surface area contributed by atoms with Crippen LogP contribution in [-0.4, -0.2) is 19.5 Å². The second-order valence-corrected chi connectivity index (χ2v) is 17.3. The highest BCUT2D eigenvalue weighted by Crippen LogP contribution is 2.46. The average molecular weight is 837 g/mol. The normalized spacial score (nSPS) is 12.1. The van der Waals surface area contributed by atoms with Crippen molar-refractivity contribution in [2.24, 2.45) is 0 Å². The lowest BCUT2D eigenvalue weighted by Crippen LogP contribution is -2.00. The first-order valence-electron chi connectivity index (χ1n) is 21.3. The maximum atomic E-state index is 6.82. The molecular weight excluding hydrogens is 805 g/mol. The van der Waals surface area contributed by atoms with E-state index in [1.54, 1.807) is 11.3 Å². The first kappa shape index (κ1) is 35.2. The Balaban J connectivity index is 0.950. The number of hydrogen-bond donors (Lipinski definition) is 0. The third-order valence-electron chi connectivity index (χ3n) is 12.7. The molecule has 7 heteroatoms. The molecule has 0 saturated carbocycles. The van der Waals surface area contributed by atoms with E-state index in [4.69, 9.17) is 23.8 Å². The van der Waals surface area contributed by atoms with Crippen LogP contribution in [0.25, 0.3) is 137 Å². The molecule has 6 nitrogen and oxygen atoms in total. The molecule has 0 unspecified atom stereocenters. The minimum absolute atomic E-state index is 0.646. The number of benzene rings is 9. The van der Waals surface area contributed by atoms with Gasteiger partial charge in [-0.3, -0.25) is 0 Å². The number of hydrogen-bond acceptors (Lipinski definition) is 6. The van der Waals surface area contributed by atoms with Gasteiger partial charge >= 0.3 is 0 Å². The Morgan fingerprint density at radius 2 is 0.906 bits per heavy atom. The second-order valence-electron chi connectivity index (χ2n) is 16.3. The van der Waals surface area contributed by atoms with Gasteiger partial charge in [0, 0.05) is 70.0 Å². The number of thiophene rings is 1. The summed E-state index contributed by atoms with van der Waals surface area (Å²) in [6.07, 6.45) is 0. The van der Waals surface area contributed by atoms with Crippen molar-refractivity contribution in [3.8, 4) is 51.0 Å². The topological polar surface area (TPSA) is 69.9 Å². The average Bonchev–Trinajstić information content (AvgIpc) is 4.13. The molecule has 9 aromatic carbocycles. The predicted octanol–water partition coefficient (Wildman–Crippen LogP) is 15.8. The highest BCUT2D eigenvalue weighted by Gasteiger charge is 2.22. The number of nitrogens with zero attached hydrogens (tertiary/aromatic N) is 4. The van der Waals surface area contributed by atoms with Crippen molar-refractivity contribution in [2.45, 2.75) is 0 Å². The van der Waals surface area contributed by atoms with Gasteiger partial charge in [0.25, 0.3) is 0 Å². The molecule has 0 fully saturated rings. The van der Waals surface area contributed by atoms with Crippen LogP contribution in [-0.2, 0) is 0 Å². The number of fused-ring (bicyclic) bond motifs is 13. The molecule has 0 aliphatic rings. The molecule has 0 aliphatic heterocycles. The number of rotatable bonds is 5. The maximum absolute atomic E-state index is 6.82. The highest BCUT2D eigenvalue weighted by atomic mass is 32.1. The molecule has 14 rings (SSSR count). The summed E-state index contributed by atoms with van der Waals surface area (Å²) in [5.41, 5.74) is 11.7. The van der Waals surface area contributed by atoms with Crippen LogP contribution >= 0.6 is 11.3 Å². The van der Waals surface area contributed by atoms with Crippen molar-refractivity contribution in [1.29, 1.82) is 0 Å². The Hall–Kier alpha value is -8.39. The Morgan fingerprint density at radius 1 is 0.344 bits per heavy atom. The monoisotopic (exact) mass is 836 g/mol. The predicted molar refractivity (Wildman–Crippen MR) is 263 cm³/mol. The van der Waals surface area contributed by atoms with Crippen molar-refractivity contribution in [2.75, 3.05) is 0 Å². The number of para-hydroxylation sites is 3. The summed E-state index contributed by atoms with van der Waals surface area (Å²) in [6, 6.07) is 67.9. The molecule has 5 heterocycles. The van der Waals surface area contributed by atoms with Crippen molar-refractivity contribution in [3.63, 3.8) is 0 Å². The molecule has 298 valence electrons. The molecule has 0 radical (unpaired) electrons. The van der Waals surface area contributed by atoms with Gasteiger partial charge in [-0.2, -0.15) is 0 Å². The number of aromatic nitrogens is 4. The summed E-state index contributed by atoms with van der Waals surface area (Å²) in [4.78, 5) is 15.2. The van der Waals surface area contributed by atoms with Gasteiger partial charge in [0.15, 0.2) is 28.6 Å². The van der Waals surface area contributed by atoms with Gasteiger partial charge in [0.05, 0.1) is 21.4 Å². The fraction of sp³-hybridized carbons (Fsp3) is 0. The molecule has 0 atom stereocenters. The SMILES string of the molecule is c1ccc(-c2nc(-c3ccccc3)nc(-c3cccc4c3sc3c(-n5c6ccccc6c6cc(-c7cccc8c7oc7c8ccc8c9ccccc9oc87)ccc65)cccc34)n2)cc1. The molecule has 0 spiro atoms. The van der Waals surface area contributed by atoms with Crippen molar-refractivity contribution >= 4 is 97.2 Å². The summed E-state index contributed by atoms with van der Waals surface area (Å²) in [5.74, 6) is 1.94. The molecule has 0 amide bonds. The van der Waals surface area contributed by atoms with E-state index >= 15 is 0 Å². The van der Waals surface area contributed by atoms with Crippen molar-refractivity contribution in [3.05, 3.63) is 194 Å². The zero-order valence-corrected chi connectivity index (χ0v) is 34.8. The minimum atomic E-state index is 0.646. The Bertz CT molecular complexity index is 4140. The van der Waals surface area contributed by atoms with Crippen LogP contribution in [0.4, 0.5) is 0 Å². The lowest BCUT2D eigenvalue weighted by atomic mass is 10.00. The minimum Gasteiger partial charge on any atom is -0.452 e. The van der Waals surface area contributed by atoms with Gasteiger partial charge in [0.2, 0.25) is 0 Å². The third kappa shape index (κ3) is 5.16. The van der Waals surface area contributed by atoms with E-state index in [1.165, 1.54) is 26.2 Å². The van der Waals surface area contributed by atoms with E-state index < -0.39 is 0 Å². The molecule has 0 bridgehead atoms. The first-order valence-corrected chi connectivity index (χ1v) is 22.2. The van der Waals surface area contributed by atoms with Gasteiger partial charge in [-0.1, -0.05) is 146 Å². The zero-order valence-electron chi connectivity index (χ0n) is 34.0. The quantitative estimate of drug-likeness (QED) is 0.173. The van der Waals surface area contributed by atoms with Crippen LogP contribution in [0, 0.1) is 0 Å². The molecule has 14 aromatic rings.